The number of benzene rings is 2. The van der Waals surface area contributed by atoms with Crippen molar-refractivity contribution in [3.05, 3.63) is 54.6 Å². The second-order valence-corrected chi connectivity index (χ2v) is 5.61. The smallest absolute Gasteiger partial charge is 0.164 e. The number of hydrogen-bond donors (Lipinski definition) is 1. The van der Waals surface area contributed by atoms with Crippen LogP contribution in [-0.4, -0.2) is 23.7 Å². The van der Waals surface area contributed by atoms with Crippen molar-refractivity contribution in [2.24, 2.45) is 0 Å². The van der Waals surface area contributed by atoms with Gasteiger partial charge in [0.05, 0.1) is 24.8 Å². The summed E-state index contributed by atoms with van der Waals surface area (Å²) in [7, 11) is 1.66. The van der Waals surface area contributed by atoms with Crippen molar-refractivity contribution in [3.8, 4) is 22.9 Å². The van der Waals surface area contributed by atoms with Crippen molar-refractivity contribution >= 4 is 11.0 Å². The Labute approximate surface area is 142 Å². The second-order valence-electron chi connectivity index (χ2n) is 5.61. The fourth-order valence-corrected chi connectivity index (χ4v) is 2.71. The van der Waals surface area contributed by atoms with Crippen LogP contribution in [0.4, 0.5) is 0 Å². The van der Waals surface area contributed by atoms with E-state index in [1.165, 1.54) is 0 Å². The second kappa shape index (κ2) is 7.21. The number of nitrogens with zero attached hydrogens (tertiary/aromatic N) is 1. The first-order valence-corrected chi connectivity index (χ1v) is 8.16. The number of H-pyrrole nitrogens is 1. The maximum absolute atomic E-state index is 5.91. The monoisotopic (exact) mass is 322 g/mol. The molecule has 0 bridgehead atoms. The molecule has 3 rings (SSSR count). The van der Waals surface area contributed by atoms with E-state index >= 15 is 0 Å². The number of imidazole rings is 1. The molecule has 124 valence electrons. The van der Waals surface area contributed by atoms with Crippen LogP contribution in [0.25, 0.3) is 22.4 Å². The third-order valence-electron chi connectivity index (χ3n) is 3.83. The van der Waals surface area contributed by atoms with E-state index in [0.717, 1.165) is 45.9 Å². The lowest BCUT2D eigenvalue weighted by Gasteiger charge is -2.15. The molecule has 1 N–H and O–H groups in total. The van der Waals surface area contributed by atoms with E-state index in [2.05, 4.69) is 29.5 Å². The molecule has 0 fully saturated rings. The van der Waals surface area contributed by atoms with Crippen LogP contribution in [0.2, 0.25) is 0 Å². The molecule has 4 nitrogen and oxygen atoms in total. The Morgan fingerprint density at radius 2 is 2.08 bits per heavy atom. The van der Waals surface area contributed by atoms with Gasteiger partial charge in [0, 0.05) is 11.1 Å². The summed E-state index contributed by atoms with van der Waals surface area (Å²) in [4.78, 5) is 8.04. The number of hydrogen-bond acceptors (Lipinski definition) is 3. The molecule has 0 saturated carbocycles. The van der Waals surface area contributed by atoms with Crippen LogP contribution in [0.15, 0.2) is 49.1 Å². The molecule has 0 amide bonds. The molecule has 0 radical (unpaired) electrons. The maximum Gasteiger partial charge on any atom is 0.164 e. The molecule has 24 heavy (non-hydrogen) atoms. The summed E-state index contributed by atoms with van der Waals surface area (Å²) in [5.74, 6) is 2.33. The maximum atomic E-state index is 5.91. The Morgan fingerprint density at radius 3 is 2.79 bits per heavy atom. The van der Waals surface area contributed by atoms with Crippen LogP contribution in [0.1, 0.15) is 18.9 Å². The molecule has 0 aliphatic carbocycles. The molecule has 2 aromatic carbocycles. The predicted molar refractivity (Wildman–Crippen MR) is 97.8 cm³/mol. The van der Waals surface area contributed by atoms with Gasteiger partial charge in [-0.1, -0.05) is 25.1 Å². The highest BCUT2D eigenvalue weighted by Crippen LogP contribution is 2.37. The van der Waals surface area contributed by atoms with Gasteiger partial charge in [-0.3, -0.25) is 0 Å². The van der Waals surface area contributed by atoms with Crippen molar-refractivity contribution in [1.82, 2.24) is 9.97 Å². The van der Waals surface area contributed by atoms with E-state index in [4.69, 9.17) is 9.47 Å². The van der Waals surface area contributed by atoms with E-state index in [1.807, 2.05) is 36.4 Å². The number of methoxy groups -OCH3 is 1. The molecule has 0 aliphatic heterocycles. The minimum absolute atomic E-state index is 0.657. The summed E-state index contributed by atoms with van der Waals surface area (Å²) in [6.45, 7) is 6.59. The molecule has 3 aromatic rings. The molecule has 4 heteroatoms. The van der Waals surface area contributed by atoms with Gasteiger partial charge in [0.15, 0.2) is 11.5 Å². The number of para-hydroxylation sites is 2. The van der Waals surface area contributed by atoms with Crippen molar-refractivity contribution in [2.45, 2.75) is 19.8 Å². The number of aromatic nitrogens is 2. The SMILES string of the molecule is C=CCc1cc(-c2nc3ccccc3[nH]2)cc(OC)c1OCCC. The summed E-state index contributed by atoms with van der Waals surface area (Å²) in [6.07, 6.45) is 3.53. The summed E-state index contributed by atoms with van der Waals surface area (Å²) in [5, 5.41) is 0. The van der Waals surface area contributed by atoms with Crippen LogP contribution in [0.3, 0.4) is 0 Å². The predicted octanol–water partition coefficient (Wildman–Crippen LogP) is 4.76. The Kier molecular flexibility index (Phi) is 4.85. The molecule has 0 aliphatic rings. The van der Waals surface area contributed by atoms with Crippen molar-refractivity contribution in [2.75, 3.05) is 13.7 Å². The van der Waals surface area contributed by atoms with Crippen LogP contribution in [0.5, 0.6) is 11.5 Å². The standard InChI is InChI=1S/C20H22N2O2/c1-4-8-14-12-15(13-18(23-3)19(14)24-11-5-2)20-21-16-9-6-7-10-17(16)22-20/h4,6-7,9-10,12-13H,1,5,8,11H2,2-3H3,(H,21,22). The van der Waals surface area contributed by atoms with Crippen molar-refractivity contribution < 1.29 is 9.47 Å². The molecular weight excluding hydrogens is 300 g/mol. The van der Waals surface area contributed by atoms with Crippen LogP contribution in [0, 0.1) is 0 Å². The first kappa shape index (κ1) is 16.1. The van der Waals surface area contributed by atoms with Gasteiger partial charge in [-0.15, -0.1) is 6.58 Å². The lowest BCUT2D eigenvalue weighted by Crippen LogP contribution is -2.02. The number of aromatic amines is 1. The lowest BCUT2D eigenvalue weighted by atomic mass is 10.0. The zero-order valence-corrected chi connectivity index (χ0v) is 14.1. The number of allylic oxidation sites excluding steroid dienone is 1. The van der Waals surface area contributed by atoms with Crippen LogP contribution < -0.4 is 9.47 Å². The van der Waals surface area contributed by atoms with Gasteiger partial charge in [0.2, 0.25) is 0 Å². The quantitative estimate of drug-likeness (QED) is 0.638. The first-order valence-electron chi connectivity index (χ1n) is 8.16. The normalized spacial score (nSPS) is 10.8. The lowest BCUT2D eigenvalue weighted by molar-refractivity contribution is 0.292. The summed E-state index contributed by atoms with van der Waals surface area (Å²) < 4.78 is 11.5. The largest absolute Gasteiger partial charge is 0.493 e. The molecule has 1 heterocycles. The molecule has 0 atom stereocenters. The minimum atomic E-state index is 0.657. The van der Waals surface area contributed by atoms with E-state index < -0.39 is 0 Å². The van der Waals surface area contributed by atoms with E-state index in [1.54, 1.807) is 7.11 Å². The van der Waals surface area contributed by atoms with Crippen LogP contribution >= 0.6 is 0 Å². The van der Waals surface area contributed by atoms with Gasteiger partial charge < -0.3 is 14.5 Å². The Hall–Kier alpha value is -2.75. The average Bonchev–Trinajstić information content (AvgIpc) is 3.04. The highest BCUT2D eigenvalue weighted by molar-refractivity contribution is 5.80. The number of fused-ring (bicyclic) bond motifs is 1. The number of nitrogens with one attached hydrogen (secondary N) is 1. The topological polar surface area (TPSA) is 47.1 Å². The highest BCUT2D eigenvalue weighted by atomic mass is 16.5. The minimum Gasteiger partial charge on any atom is -0.493 e. The van der Waals surface area contributed by atoms with Crippen molar-refractivity contribution in [1.29, 1.82) is 0 Å². The van der Waals surface area contributed by atoms with Crippen molar-refractivity contribution in [3.63, 3.8) is 0 Å². The van der Waals surface area contributed by atoms with E-state index in [9.17, 15) is 0 Å². The van der Waals surface area contributed by atoms with Gasteiger partial charge in [-0.2, -0.15) is 0 Å². The van der Waals surface area contributed by atoms with Gasteiger partial charge in [0.25, 0.3) is 0 Å². The average molecular weight is 322 g/mol. The molecule has 0 spiro atoms. The van der Waals surface area contributed by atoms with Gasteiger partial charge in [0.1, 0.15) is 5.82 Å². The number of ether oxygens (including phenoxy) is 2. The zero-order valence-electron chi connectivity index (χ0n) is 14.1. The Morgan fingerprint density at radius 1 is 1.25 bits per heavy atom. The molecule has 0 saturated heterocycles. The third kappa shape index (κ3) is 3.13. The third-order valence-corrected chi connectivity index (χ3v) is 3.83. The Balaban J connectivity index is 2.10. The summed E-state index contributed by atoms with van der Waals surface area (Å²) in [6, 6.07) is 12.1. The summed E-state index contributed by atoms with van der Waals surface area (Å²) in [5.41, 5.74) is 3.99. The Bertz CT molecular complexity index is 819. The van der Waals surface area contributed by atoms with E-state index in [0.29, 0.717) is 13.0 Å². The van der Waals surface area contributed by atoms with Gasteiger partial charge in [-0.05, 0) is 37.1 Å². The van der Waals surface area contributed by atoms with Gasteiger partial charge in [-0.25, -0.2) is 4.98 Å². The van der Waals surface area contributed by atoms with Gasteiger partial charge >= 0.3 is 0 Å². The molecule has 1 aromatic heterocycles. The molecular formula is C20H22N2O2. The highest BCUT2D eigenvalue weighted by Gasteiger charge is 2.15. The van der Waals surface area contributed by atoms with E-state index in [-0.39, 0.29) is 0 Å². The fraction of sp³-hybridized carbons (Fsp3) is 0.250. The molecule has 0 unspecified atom stereocenters. The zero-order chi connectivity index (χ0) is 16.9. The number of rotatable bonds is 7. The fourth-order valence-electron chi connectivity index (χ4n) is 2.71. The summed E-state index contributed by atoms with van der Waals surface area (Å²) >= 11 is 0. The first-order chi connectivity index (χ1) is 11.8. The van der Waals surface area contributed by atoms with Crippen LogP contribution in [-0.2, 0) is 6.42 Å².